The zero-order chi connectivity index (χ0) is 20.2. The topological polar surface area (TPSA) is 69.7 Å². The summed E-state index contributed by atoms with van der Waals surface area (Å²) in [5, 5.41) is 3.32. The van der Waals surface area contributed by atoms with E-state index in [2.05, 4.69) is 5.32 Å². The minimum absolute atomic E-state index is 0.104. The Labute approximate surface area is 165 Å². The van der Waals surface area contributed by atoms with Crippen LogP contribution in [0.25, 0.3) is 6.08 Å². The highest BCUT2D eigenvalue weighted by atomic mass is 35.5. The molecular formula is C19H22ClN3O3S. The number of benzene rings is 2. The second-order valence-electron chi connectivity index (χ2n) is 6.24. The normalized spacial score (nSPS) is 11.8. The van der Waals surface area contributed by atoms with E-state index in [9.17, 15) is 13.2 Å². The average Bonchev–Trinajstić information content (AvgIpc) is 2.59. The number of carbonyl (C=O) groups is 1. The predicted molar refractivity (Wildman–Crippen MR) is 111 cm³/mol. The number of carbonyl (C=O) groups excluding carboxylic acids is 1. The lowest BCUT2D eigenvalue weighted by Crippen LogP contribution is -2.23. The lowest BCUT2D eigenvalue weighted by Gasteiger charge is -2.19. The molecule has 6 nitrogen and oxygen atoms in total. The third kappa shape index (κ3) is 5.32. The standard InChI is InChI=1S/C19H22ClN3O3S/c1-22(2)18-10-9-16(27(25,26)23(3)4)13-17(18)21-19(24)11-8-14-6-5-7-15(20)12-14/h5-13H,1-4H3,(H,21,24)/b11-8+. The van der Waals surface area contributed by atoms with Gasteiger partial charge in [0.15, 0.2) is 0 Å². The monoisotopic (exact) mass is 407 g/mol. The quantitative estimate of drug-likeness (QED) is 0.746. The minimum Gasteiger partial charge on any atom is -0.376 e. The molecule has 0 saturated heterocycles. The molecule has 1 N–H and O–H groups in total. The largest absolute Gasteiger partial charge is 0.376 e. The van der Waals surface area contributed by atoms with E-state index in [0.717, 1.165) is 9.87 Å². The first-order valence-electron chi connectivity index (χ1n) is 8.10. The van der Waals surface area contributed by atoms with Crippen molar-refractivity contribution in [1.82, 2.24) is 4.31 Å². The number of nitrogens with zero attached hydrogens (tertiary/aromatic N) is 2. The summed E-state index contributed by atoms with van der Waals surface area (Å²) in [7, 11) is 2.94. The van der Waals surface area contributed by atoms with Crippen LogP contribution in [0.4, 0.5) is 11.4 Å². The highest BCUT2D eigenvalue weighted by Gasteiger charge is 2.19. The molecule has 0 heterocycles. The van der Waals surface area contributed by atoms with Crippen LogP contribution in [0.3, 0.4) is 0 Å². The van der Waals surface area contributed by atoms with Gasteiger partial charge in [-0.05, 0) is 42.0 Å². The zero-order valence-electron chi connectivity index (χ0n) is 15.6. The van der Waals surface area contributed by atoms with Gasteiger partial charge in [-0.25, -0.2) is 12.7 Å². The number of hydrogen-bond donors (Lipinski definition) is 1. The fraction of sp³-hybridized carbons (Fsp3) is 0.211. The van der Waals surface area contributed by atoms with Gasteiger partial charge in [0, 0.05) is 39.3 Å². The molecule has 0 atom stereocenters. The van der Waals surface area contributed by atoms with Gasteiger partial charge < -0.3 is 10.2 Å². The number of amides is 1. The number of anilines is 2. The Balaban J connectivity index is 2.31. The summed E-state index contributed by atoms with van der Waals surface area (Å²) in [6.45, 7) is 0. The third-order valence-corrected chi connectivity index (χ3v) is 5.81. The van der Waals surface area contributed by atoms with Gasteiger partial charge in [0.1, 0.15) is 0 Å². The first-order chi connectivity index (χ1) is 12.6. The predicted octanol–water partition coefficient (Wildman–Crippen LogP) is 3.31. The van der Waals surface area contributed by atoms with Gasteiger partial charge in [-0.15, -0.1) is 0 Å². The van der Waals surface area contributed by atoms with Crippen LogP contribution in [-0.2, 0) is 14.8 Å². The summed E-state index contributed by atoms with van der Waals surface area (Å²) in [5.41, 5.74) is 1.88. The summed E-state index contributed by atoms with van der Waals surface area (Å²) in [5.74, 6) is -0.377. The molecule has 0 fully saturated rings. The molecule has 0 aliphatic heterocycles. The van der Waals surface area contributed by atoms with Crippen LogP contribution < -0.4 is 10.2 Å². The molecular weight excluding hydrogens is 386 g/mol. The van der Waals surface area contributed by atoms with E-state index in [1.165, 1.54) is 32.3 Å². The van der Waals surface area contributed by atoms with E-state index in [1.807, 2.05) is 20.2 Å². The van der Waals surface area contributed by atoms with E-state index < -0.39 is 10.0 Å². The molecule has 0 aromatic heterocycles. The Kier molecular flexibility index (Phi) is 6.64. The minimum atomic E-state index is -3.61. The smallest absolute Gasteiger partial charge is 0.248 e. The van der Waals surface area contributed by atoms with E-state index in [0.29, 0.717) is 16.4 Å². The van der Waals surface area contributed by atoms with Gasteiger partial charge in [0.2, 0.25) is 15.9 Å². The Morgan fingerprint density at radius 3 is 2.37 bits per heavy atom. The first-order valence-corrected chi connectivity index (χ1v) is 9.91. The van der Waals surface area contributed by atoms with Crippen molar-refractivity contribution in [1.29, 1.82) is 0 Å². The van der Waals surface area contributed by atoms with Crippen LogP contribution in [0.1, 0.15) is 5.56 Å². The first kappa shape index (κ1) is 21.0. The van der Waals surface area contributed by atoms with Crippen LogP contribution in [0, 0.1) is 0 Å². The molecule has 0 spiro atoms. The summed E-state index contributed by atoms with van der Waals surface area (Å²) < 4.78 is 25.9. The van der Waals surface area contributed by atoms with Crippen molar-refractivity contribution in [2.45, 2.75) is 4.90 Å². The SMILES string of the molecule is CN(C)c1ccc(S(=O)(=O)N(C)C)cc1NC(=O)/C=C/c1cccc(Cl)c1. The number of hydrogen-bond acceptors (Lipinski definition) is 4. The number of sulfonamides is 1. The van der Waals surface area contributed by atoms with Gasteiger partial charge in [-0.1, -0.05) is 23.7 Å². The van der Waals surface area contributed by atoms with E-state index in [1.54, 1.807) is 35.2 Å². The van der Waals surface area contributed by atoms with Gasteiger partial charge in [-0.2, -0.15) is 0 Å². The van der Waals surface area contributed by atoms with Crippen molar-refractivity contribution in [2.75, 3.05) is 38.4 Å². The molecule has 2 rings (SSSR count). The Hall–Kier alpha value is -2.35. The van der Waals surface area contributed by atoms with Crippen LogP contribution in [0.15, 0.2) is 53.4 Å². The summed E-state index contributed by atoms with van der Waals surface area (Å²) in [6, 6.07) is 11.7. The molecule has 0 bridgehead atoms. The summed E-state index contributed by atoms with van der Waals surface area (Å²) >= 11 is 5.93. The molecule has 0 aliphatic rings. The van der Waals surface area contributed by atoms with Crippen molar-refractivity contribution >= 4 is 45.0 Å². The van der Waals surface area contributed by atoms with Crippen LogP contribution >= 0.6 is 11.6 Å². The highest BCUT2D eigenvalue weighted by molar-refractivity contribution is 7.89. The van der Waals surface area contributed by atoms with E-state index in [-0.39, 0.29) is 10.8 Å². The molecule has 8 heteroatoms. The van der Waals surface area contributed by atoms with Crippen LogP contribution in [0.5, 0.6) is 0 Å². The highest BCUT2D eigenvalue weighted by Crippen LogP contribution is 2.28. The molecule has 0 saturated carbocycles. The maximum atomic E-state index is 12.4. The van der Waals surface area contributed by atoms with Gasteiger partial charge >= 0.3 is 0 Å². The van der Waals surface area contributed by atoms with Crippen molar-refractivity contribution in [3.63, 3.8) is 0 Å². The number of nitrogens with one attached hydrogen (secondary N) is 1. The Morgan fingerprint density at radius 2 is 1.78 bits per heavy atom. The molecule has 144 valence electrons. The molecule has 0 aliphatic carbocycles. The summed E-state index contributed by atoms with van der Waals surface area (Å²) in [6.07, 6.45) is 3.01. The number of halogens is 1. The third-order valence-electron chi connectivity index (χ3n) is 3.76. The number of rotatable bonds is 6. The molecule has 0 unspecified atom stereocenters. The maximum absolute atomic E-state index is 12.4. The fourth-order valence-electron chi connectivity index (χ4n) is 2.33. The van der Waals surface area contributed by atoms with Gasteiger partial charge in [0.05, 0.1) is 16.3 Å². The molecule has 1 amide bonds. The average molecular weight is 408 g/mol. The Morgan fingerprint density at radius 1 is 1.07 bits per heavy atom. The molecule has 2 aromatic rings. The fourth-order valence-corrected chi connectivity index (χ4v) is 3.46. The van der Waals surface area contributed by atoms with E-state index >= 15 is 0 Å². The van der Waals surface area contributed by atoms with Gasteiger partial charge in [-0.3, -0.25) is 4.79 Å². The van der Waals surface area contributed by atoms with Gasteiger partial charge in [0.25, 0.3) is 0 Å². The Bertz CT molecular complexity index is 970. The van der Waals surface area contributed by atoms with Crippen molar-refractivity contribution in [3.05, 3.63) is 59.1 Å². The lowest BCUT2D eigenvalue weighted by atomic mass is 10.2. The molecule has 2 aromatic carbocycles. The van der Waals surface area contributed by atoms with Crippen molar-refractivity contribution in [2.24, 2.45) is 0 Å². The second kappa shape index (κ2) is 8.56. The van der Waals surface area contributed by atoms with Crippen molar-refractivity contribution < 1.29 is 13.2 Å². The molecule has 0 radical (unpaired) electrons. The lowest BCUT2D eigenvalue weighted by molar-refractivity contribution is -0.111. The van der Waals surface area contributed by atoms with Crippen LogP contribution in [0.2, 0.25) is 5.02 Å². The summed E-state index contributed by atoms with van der Waals surface area (Å²) in [4.78, 5) is 14.2. The zero-order valence-corrected chi connectivity index (χ0v) is 17.2. The second-order valence-corrected chi connectivity index (χ2v) is 8.83. The van der Waals surface area contributed by atoms with Crippen LogP contribution in [-0.4, -0.2) is 46.8 Å². The molecule has 27 heavy (non-hydrogen) atoms. The van der Waals surface area contributed by atoms with E-state index in [4.69, 9.17) is 11.6 Å². The maximum Gasteiger partial charge on any atom is 0.248 e. The van der Waals surface area contributed by atoms with Crippen molar-refractivity contribution in [3.8, 4) is 0 Å².